The molecule has 4 aromatic rings. The lowest BCUT2D eigenvalue weighted by Gasteiger charge is -2.31. The second-order valence-electron chi connectivity index (χ2n) is 16.2. The second kappa shape index (κ2) is 19.1. The van der Waals surface area contributed by atoms with Gasteiger partial charge in [-0.1, -0.05) is 62.4 Å². The van der Waals surface area contributed by atoms with Crippen molar-refractivity contribution in [3.05, 3.63) is 107 Å². The molecule has 2 aliphatic heterocycles. The van der Waals surface area contributed by atoms with Crippen LogP contribution in [0.2, 0.25) is 0 Å². The topological polar surface area (TPSA) is 80.1 Å². The van der Waals surface area contributed by atoms with Crippen LogP contribution in [0.1, 0.15) is 82.6 Å². The van der Waals surface area contributed by atoms with Gasteiger partial charge in [0.1, 0.15) is 25.5 Å². The van der Waals surface area contributed by atoms with E-state index in [1.165, 1.54) is 39.3 Å². The van der Waals surface area contributed by atoms with Gasteiger partial charge in [0.25, 0.3) is 0 Å². The van der Waals surface area contributed by atoms with Gasteiger partial charge in [0.2, 0.25) is 11.6 Å². The molecule has 0 fully saturated rings. The maximum absolute atomic E-state index is 12.8. The maximum atomic E-state index is 12.8. The van der Waals surface area contributed by atoms with E-state index in [0.29, 0.717) is 19.5 Å². The summed E-state index contributed by atoms with van der Waals surface area (Å²) >= 11 is 0. The third kappa shape index (κ3) is 10.1. The van der Waals surface area contributed by atoms with Crippen LogP contribution in [-0.4, -0.2) is 91.3 Å². The predicted octanol–water partition coefficient (Wildman–Crippen LogP) is 7.86. The number of fused-ring (bicyclic) bond motifs is 3. The molecule has 2 aliphatic rings. The number of allylic oxidation sites excluding steroid dienone is 1. The molecular formula is C48H64N5O3+. The number of carbonyl (C=O) groups excluding carboxylic acids is 1. The van der Waals surface area contributed by atoms with E-state index in [9.17, 15) is 9.90 Å². The largest absolute Gasteiger partial charge is 0.490 e. The Morgan fingerprint density at radius 3 is 2.66 bits per heavy atom. The highest BCUT2D eigenvalue weighted by Gasteiger charge is 2.43. The highest BCUT2D eigenvalue weighted by atomic mass is 16.5. The molecule has 56 heavy (non-hydrogen) atoms. The fourth-order valence-corrected chi connectivity index (χ4v) is 8.47. The number of carbonyl (C=O) groups is 1. The quantitative estimate of drug-likeness (QED) is 0.0846. The average Bonchev–Trinajstić information content (AvgIpc) is 3.39. The van der Waals surface area contributed by atoms with E-state index in [2.05, 4.69) is 127 Å². The first-order valence-corrected chi connectivity index (χ1v) is 20.9. The minimum absolute atomic E-state index is 0.147. The molecule has 0 bridgehead atoms. The van der Waals surface area contributed by atoms with Crippen molar-refractivity contribution in [3.8, 4) is 5.75 Å². The molecule has 8 nitrogen and oxygen atoms in total. The summed E-state index contributed by atoms with van der Waals surface area (Å²) in [7, 11) is 2.16. The van der Waals surface area contributed by atoms with Crippen LogP contribution in [0.4, 0.5) is 11.4 Å². The lowest BCUT2D eigenvalue weighted by atomic mass is 9.80. The van der Waals surface area contributed by atoms with Crippen LogP contribution < -0.4 is 20.3 Å². The van der Waals surface area contributed by atoms with Gasteiger partial charge in [0.05, 0.1) is 5.41 Å². The number of hydrogen-bond acceptors (Lipinski definition) is 6. The van der Waals surface area contributed by atoms with E-state index < -0.39 is 6.10 Å². The summed E-state index contributed by atoms with van der Waals surface area (Å²) in [6.45, 7) is 17.5. The lowest BCUT2D eigenvalue weighted by Crippen LogP contribution is -2.37. The zero-order chi connectivity index (χ0) is 39.7. The third-order valence-corrected chi connectivity index (χ3v) is 11.8. The van der Waals surface area contributed by atoms with Gasteiger partial charge < -0.3 is 30.3 Å². The van der Waals surface area contributed by atoms with Gasteiger partial charge in [-0.25, -0.2) is 0 Å². The molecular weight excluding hydrogens is 695 g/mol. The minimum Gasteiger partial charge on any atom is -0.490 e. The Hall–Kier alpha value is -4.50. The van der Waals surface area contributed by atoms with E-state index in [1.807, 2.05) is 30.3 Å². The molecule has 8 heteroatoms. The predicted molar refractivity (Wildman–Crippen MR) is 233 cm³/mol. The van der Waals surface area contributed by atoms with E-state index in [0.717, 1.165) is 74.9 Å². The number of aliphatic hydroxyl groups is 1. The standard InChI is InChI=1S/C48H63N5O3/c1-7-52(8-2)27-12-14-35(3)50-47(55)26-29-53-28-13-17-39-30-36(20-23-43(39)53)22-25-46-48(4,5)42-31-37(21-24-44(42)51(46)6)32-49-33-40(54)34-56-45-19-11-16-38-15-9-10-18-41(38)45/h9-11,15-16,18-25,30-31,35,40,49,54H,7-8,12-14,17,26-29,32-34H2,1-6H3/p+1. The van der Waals surface area contributed by atoms with Crippen molar-refractivity contribution >= 4 is 39.8 Å². The molecule has 3 N–H and O–H groups in total. The summed E-state index contributed by atoms with van der Waals surface area (Å²) in [5, 5.41) is 19.5. The molecule has 0 radical (unpaired) electrons. The molecule has 6 rings (SSSR count). The van der Waals surface area contributed by atoms with Crippen LogP contribution in [0.5, 0.6) is 5.75 Å². The van der Waals surface area contributed by atoms with Gasteiger partial charge in [0.15, 0.2) is 5.71 Å². The molecule has 4 aromatic carbocycles. The number of nitrogens with one attached hydrogen (secondary N) is 2. The maximum Gasteiger partial charge on any atom is 0.221 e. The molecule has 2 unspecified atom stereocenters. The van der Waals surface area contributed by atoms with Crippen molar-refractivity contribution in [2.45, 2.75) is 90.8 Å². The fourth-order valence-electron chi connectivity index (χ4n) is 8.47. The smallest absolute Gasteiger partial charge is 0.221 e. The second-order valence-corrected chi connectivity index (χ2v) is 16.2. The van der Waals surface area contributed by atoms with Crippen molar-refractivity contribution in [2.75, 3.05) is 57.8 Å². The average molecular weight is 759 g/mol. The first kappa shape index (κ1) is 41.1. The number of nitrogens with zero attached hydrogens (tertiary/aromatic N) is 3. The summed E-state index contributed by atoms with van der Waals surface area (Å²) in [4.78, 5) is 17.7. The van der Waals surface area contributed by atoms with Crippen molar-refractivity contribution < 1.29 is 19.2 Å². The van der Waals surface area contributed by atoms with Gasteiger partial charge >= 0.3 is 0 Å². The Morgan fingerprint density at radius 2 is 1.84 bits per heavy atom. The van der Waals surface area contributed by atoms with E-state index in [1.54, 1.807) is 0 Å². The van der Waals surface area contributed by atoms with E-state index >= 15 is 0 Å². The Labute approximate surface area is 335 Å². The molecule has 0 saturated carbocycles. The first-order chi connectivity index (χ1) is 27.1. The van der Waals surface area contributed by atoms with Crippen LogP contribution >= 0.6 is 0 Å². The van der Waals surface area contributed by atoms with Crippen LogP contribution in [0, 0.1) is 0 Å². The number of amides is 1. The van der Waals surface area contributed by atoms with Crippen molar-refractivity contribution in [1.82, 2.24) is 15.5 Å². The number of anilines is 1. The fraction of sp³-hybridized carbons (Fsp3) is 0.458. The van der Waals surface area contributed by atoms with E-state index in [-0.39, 0.29) is 24.0 Å². The molecule has 0 spiro atoms. The number of aliphatic hydroxyl groups excluding tert-OH is 1. The molecule has 2 atom stereocenters. The monoisotopic (exact) mass is 759 g/mol. The van der Waals surface area contributed by atoms with Gasteiger partial charge in [-0.15, -0.1) is 0 Å². The summed E-state index contributed by atoms with van der Waals surface area (Å²) in [5.74, 6) is 0.941. The van der Waals surface area contributed by atoms with Crippen molar-refractivity contribution in [3.63, 3.8) is 0 Å². The molecule has 0 aromatic heterocycles. The molecule has 0 saturated heterocycles. The normalized spacial score (nSPS) is 16.0. The zero-order valence-corrected chi connectivity index (χ0v) is 34.6. The number of benzene rings is 4. The van der Waals surface area contributed by atoms with Crippen LogP contribution in [0.3, 0.4) is 0 Å². The summed E-state index contributed by atoms with van der Waals surface area (Å²) in [6, 6.07) is 27.8. The Kier molecular flexibility index (Phi) is 14.0. The molecule has 0 aliphatic carbocycles. The lowest BCUT2D eigenvalue weighted by molar-refractivity contribution is -0.401. The van der Waals surface area contributed by atoms with Gasteiger partial charge in [-0.05, 0) is 119 Å². The number of hydrogen-bond donors (Lipinski definition) is 3. The number of rotatable bonds is 19. The number of aryl methyl sites for hydroxylation is 1. The first-order valence-electron chi connectivity index (χ1n) is 20.9. The molecule has 2 heterocycles. The third-order valence-electron chi connectivity index (χ3n) is 11.8. The molecule has 1 amide bonds. The Balaban J connectivity index is 0.996. The highest BCUT2D eigenvalue weighted by molar-refractivity contribution is 6.05. The highest BCUT2D eigenvalue weighted by Crippen LogP contribution is 2.40. The minimum atomic E-state index is -0.624. The van der Waals surface area contributed by atoms with Crippen LogP contribution in [0.25, 0.3) is 16.8 Å². The zero-order valence-electron chi connectivity index (χ0n) is 34.6. The Bertz CT molecular complexity index is 2010. The van der Waals surface area contributed by atoms with Gasteiger partial charge in [-0.3, -0.25) is 4.79 Å². The van der Waals surface area contributed by atoms with Crippen molar-refractivity contribution in [2.24, 2.45) is 0 Å². The molecule has 298 valence electrons. The van der Waals surface area contributed by atoms with Crippen LogP contribution in [0.15, 0.2) is 84.9 Å². The van der Waals surface area contributed by atoms with Crippen molar-refractivity contribution in [1.29, 1.82) is 0 Å². The van der Waals surface area contributed by atoms with Gasteiger partial charge in [-0.2, -0.15) is 4.58 Å². The van der Waals surface area contributed by atoms with Crippen LogP contribution in [-0.2, 0) is 23.2 Å². The Morgan fingerprint density at radius 1 is 1.04 bits per heavy atom. The summed E-state index contributed by atoms with van der Waals surface area (Å²) < 4.78 is 8.32. The van der Waals surface area contributed by atoms with Gasteiger partial charge in [0, 0.05) is 67.4 Å². The number of ether oxygens (including phenoxy) is 1. The SMILES string of the molecule is CCN(CC)CCCC(C)NC(=O)CCN1CCCc2cc(C=CC3=[N+](C)c4ccc(CNCC(O)COc5cccc6ccccc56)cc4C3(C)C)ccc21. The summed E-state index contributed by atoms with van der Waals surface area (Å²) in [6.07, 6.45) is 8.69. The summed E-state index contributed by atoms with van der Waals surface area (Å²) in [5.41, 5.74) is 8.62. The van der Waals surface area contributed by atoms with E-state index in [4.69, 9.17) is 4.74 Å².